The van der Waals surface area contributed by atoms with Gasteiger partial charge in [0.05, 0.1) is 5.92 Å². The third-order valence-corrected chi connectivity index (χ3v) is 3.81. The van der Waals surface area contributed by atoms with Crippen molar-refractivity contribution in [2.45, 2.75) is 13.3 Å². The third-order valence-electron chi connectivity index (χ3n) is 3.81. The number of halogens is 1. The molecule has 1 aliphatic rings. The summed E-state index contributed by atoms with van der Waals surface area (Å²) in [7, 11) is 0. The number of likely N-dealkylation sites (tertiary alicyclic amines) is 1. The highest BCUT2D eigenvalue weighted by Crippen LogP contribution is 2.21. The zero-order valence-electron chi connectivity index (χ0n) is 11.4. The molecule has 6 nitrogen and oxygen atoms in total. The van der Waals surface area contributed by atoms with Crippen LogP contribution in [0, 0.1) is 18.8 Å². The van der Waals surface area contributed by atoms with Crippen molar-refractivity contribution in [1.29, 1.82) is 0 Å². The normalized spacial score (nSPS) is 18.4. The maximum Gasteiger partial charge on any atom is 0.308 e. The van der Waals surface area contributed by atoms with Gasteiger partial charge in [0, 0.05) is 18.8 Å². The van der Waals surface area contributed by atoms with Crippen LogP contribution in [-0.2, 0) is 4.79 Å². The summed E-state index contributed by atoms with van der Waals surface area (Å²) in [5, 5.41) is 8.96. The van der Waals surface area contributed by atoms with Crippen molar-refractivity contribution in [3.63, 3.8) is 0 Å². The molecule has 0 aromatic carbocycles. The van der Waals surface area contributed by atoms with Gasteiger partial charge in [0.1, 0.15) is 5.65 Å². The van der Waals surface area contributed by atoms with Gasteiger partial charge in [-0.2, -0.15) is 4.39 Å². The zero-order chi connectivity index (χ0) is 15.1. The maximum atomic E-state index is 14.4. The number of aliphatic carboxylic acids is 1. The number of rotatable bonds is 2. The fourth-order valence-electron chi connectivity index (χ4n) is 2.64. The number of carboxylic acids is 1. The van der Waals surface area contributed by atoms with Crippen LogP contribution >= 0.6 is 0 Å². The summed E-state index contributed by atoms with van der Waals surface area (Å²) in [4.78, 5) is 28.6. The summed E-state index contributed by atoms with van der Waals surface area (Å²) in [5.74, 6) is -2.78. The van der Waals surface area contributed by atoms with E-state index in [-0.39, 0.29) is 12.2 Å². The Morgan fingerprint density at radius 1 is 1.43 bits per heavy atom. The van der Waals surface area contributed by atoms with Crippen LogP contribution in [0.25, 0.3) is 5.65 Å². The number of carbonyl (C=O) groups is 2. The molecule has 0 spiro atoms. The molecule has 0 radical (unpaired) electrons. The smallest absolute Gasteiger partial charge is 0.308 e. The number of carboxylic acid groups (broad SMARTS) is 1. The Labute approximate surface area is 119 Å². The first-order valence-corrected chi connectivity index (χ1v) is 6.64. The molecule has 3 heterocycles. The van der Waals surface area contributed by atoms with E-state index in [4.69, 9.17) is 5.11 Å². The van der Waals surface area contributed by atoms with Crippen molar-refractivity contribution in [2.24, 2.45) is 5.92 Å². The molecule has 0 bridgehead atoms. The van der Waals surface area contributed by atoms with Gasteiger partial charge in [-0.25, -0.2) is 4.98 Å². The van der Waals surface area contributed by atoms with Crippen LogP contribution in [0.4, 0.5) is 4.39 Å². The Morgan fingerprint density at radius 2 is 2.19 bits per heavy atom. The van der Waals surface area contributed by atoms with Gasteiger partial charge >= 0.3 is 5.97 Å². The largest absolute Gasteiger partial charge is 0.481 e. The average Bonchev–Trinajstić information content (AvgIpc) is 3.04. The minimum absolute atomic E-state index is 0.0977. The van der Waals surface area contributed by atoms with Gasteiger partial charge < -0.3 is 10.0 Å². The highest BCUT2D eigenvalue weighted by molar-refractivity contribution is 5.93. The van der Waals surface area contributed by atoms with Gasteiger partial charge in [-0.1, -0.05) is 6.07 Å². The van der Waals surface area contributed by atoms with E-state index < -0.39 is 23.7 Å². The minimum Gasteiger partial charge on any atom is -0.481 e. The van der Waals surface area contributed by atoms with Crippen LogP contribution in [0.2, 0.25) is 0 Å². The summed E-state index contributed by atoms with van der Waals surface area (Å²) in [5.41, 5.74) is 0.751. The fraction of sp³-hybridized carbons (Fsp3) is 0.357. The molecule has 7 heteroatoms. The lowest BCUT2D eigenvalue weighted by Gasteiger charge is -2.13. The molecule has 1 aliphatic heterocycles. The number of aryl methyl sites for hydroxylation is 1. The van der Waals surface area contributed by atoms with Crippen molar-refractivity contribution in [1.82, 2.24) is 14.3 Å². The lowest BCUT2D eigenvalue weighted by atomic mass is 10.1. The lowest BCUT2D eigenvalue weighted by molar-refractivity contribution is -0.141. The lowest BCUT2D eigenvalue weighted by Crippen LogP contribution is -2.30. The fourth-order valence-corrected chi connectivity index (χ4v) is 2.64. The molecule has 110 valence electrons. The van der Waals surface area contributed by atoms with Crippen molar-refractivity contribution in [3.8, 4) is 0 Å². The van der Waals surface area contributed by atoms with Gasteiger partial charge in [-0.15, -0.1) is 0 Å². The number of amides is 1. The van der Waals surface area contributed by atoms with Gasteiger partial charge in [-0.3, -0.25) is 14.0 Å². The number of fused-ring (bicyclic) bond motifs is 1. The molecule has 3 rings (SSSR count). The minimum atomic E-state index is -0.934. The molecule has 2 aromatic heterocycles. The quantitative estimate of drug-likeness (QED) is 0.905. The molecule has 2 aromatic rings. The average molecular weight is 291 g/mol. The summed E-state index contributed by atoms with van der Waals surface area (Å²) in [6, 6.07) is 5.08. The monoisotopic (exact) mass is 291 g/mol. The van der Waals surface area contributed by atoms with E-state index in [1.165, 1.54) is 9.30 Å². The first-order chi connectivity index (χ1) is 9.99. The summed E-state index contributed by atoms with van der Waals surface area (Å²) in [6.45, 7) is 2.13. The standard InChI is InChI=1S/C14H14FN3O3/c1-8-3-2-4-10-16-11(12(15)18(8)10)13(19)17-6-5-9(7-17)14(20)21/h2-4,9H,5-7H2,1H3,(H,20,21). The van der Waals surface area contributed by atoms with Crippen LogP contribution in [0.3, 0.4) is 0 Å². The Kier molecular flexibility index (Phi) is 3.12. The van der Waals surface area contributed by atoms with Gasteiger partial charge in [0.15, 0.2) is 5.69 Å². The van der Waals surface area contributed by atoms with Gasteiger partial charge in [0.2, 0.25) is 5.95 Å². The first-order valence-electron chi connectivity index (χ1n) is 6.64. The zero-order valence-corrected chi connectivity index (χ0v) is 11.4. The molecule has 1 fully saturated rings. The molecule has 1 amide bonds. The van der Waals surface area contributed by atoms with Crippen molar-refractivity contribution in [3.05, 3.63) is 35.5 Å². The van der Waals surface area contributed by atoms with Crippen molar-refractivity contribution < 1.29 is 19.1 Å². The second kappa shape index (κ2) is 4.83. The molecule has 1 unspecified atom stereocenters. The summed E-state index contributed by atoms with van der Waals surface area (Å²) in [6.07, 6.45) is 0.384. The van der Waals surface area contributed by atoms with Gasteiger partial charge in [-0.05, 0) is 25.5 Å². The number of nitrogens with zero attached hydrogens (tertiary/aromatic N) is 3. The van der Waals surface area contributed by atoms with E-state index in [1.54, 1.807) is 25.1 Å². The third kappa shape index (κ3) is 2.14. The molecular formula is C14H14FN3O3. The van der Waals surface area contributed by atoms with E-state index in [0.29, 0.717) is 24.3 Å². The Morgan fingerprint density at radius 3 is 2.81 bits per heavy atom. The van der Waals surface area contributed by atoms with E-state index in [9.17, 15) is 14.0 Å². The highest BCUT2D eigenvalue weighted by Gasteiger charge is 2.33. The van der Waals surface area contributed by atoms with E-state index >= 15 is 0 Å². The molecular weight excluding hydrogens is 277 g/mol. The number of pyridine rings is 1. The molecule has 0 aliphatic carbocycles. The number of hydrogen-bond acceptors (Lipinski definition) is 3. The van der Waals surface area contributed by atoms with Gasteiger partial charge in [0.25, 0.3) is 5.91 Å². The van der Waals surface area contributed by atoms with Crippen molar-refractivity contribution in [2.75, 3.05) is 13.1 Å². The topological polar surface area (TPSA) is 74.9 Å². The maximum absolute atomic E-state index is 14.4. The molecule has 0 saturated carbocycles. The molecule has 1 atom stereocenters. The second-order valence-corrected chi connectivity index (χ2v) is 5.19. The van der Waals surface area contributed by atoms with Crippen LogP contribution in [0.5, 0.6) is 0 Å². The number of hydrogen-bond donors (Lipinski definition) is 1. The molecule has 1 N–H and O–H groups in total. The number of imidazole rings is 1. The second-order valence-electron chi connectivity index (χ2n) is 5.19. The first kappa shape index (κ1) is 13.5. The number of carbonyl (C=O) groups excluding carboxylic acids is 1. The predicted octanol–water partition coefficient (Wildman–Crippen LogP) is 1.33. The van der Waals surface area contributed by atoms with Crippen LogP contribution in [0.15, 0.2) is 18.2 Å². The Bertz CT molecular complexity index is 740. The Balaban J connectivity index is 1.94. The summed E-state index contributed by atoms with van der Waals surface area (Å²) >= 11 is 0. The van der Waals surface area contributed by atoms with Crippen molar-refractivity contribution >= 4 is 17.5 Å². The Hall–Kier alpha value is -2.44. The van der Waals surface area contributed by atoms with E-state index in [1.807, 2.05) is 0 Å². The van der Waals surface area contributed by atoms with E-state index in [0.717, 1.165) is 0 Å². The summed E-state index contributed by atoms with van der Waals surface area (Å²) < 4.78 is 15.7. The van der Waals surface area contributed by atoms with Crippen LogP contribution in [-0.4, -0.2) is 44.4 Å². The molecule has 21 heavy (non-hydrogen) atoms. The van der Waals surface area contributed by atoms with E-state index in [2.05, 4.69) is 4.98 Å². The molecule has 1 saturated heterocycles. The SMILES string of the molecule is Cc1cccc2nc(C(=O)N3CCC(C(=O)O)C3)c(F)n12. The predicted molar refractivity (Wildman–Crippen MR) is 71.5 cm³/mol. The number of aromatic nitrogens is 2. The van der Waals surface area contributed by atoms with Crippen LogP contribution in [0.1, 0.15) is 22.6 Å². The highest BCUT2D eigenvalue weighted by atomic mass is 19.1. The van der Waals surface area contributed by atoms with Crippen LogP contribution < -0.4 is 0 Å².